The molecule has 1 aromatic carbocycles. The summed E-state index contributed by atoms with van der Waals surface area (Å²) >= 11 is 0. The van der Waals surface area contributed by atoms with Gasteiger partial charge >= 0.3 is 11.9 Å². The summed E-state index contributed by atoms with van der Waals surface area (Å²) in [6, 6.07) is 5.63. The molecule has 1 fully saturated rings. The third-order valence-corrected chi connectivity index (χ3v) is 7.05. The predicted molar refractivity (Wildman–Crippen MR) is 107 cm³/mol. The monoisotopic (exact) mass is 402 g/mol. The normalized spacial score (nSPS) is 30.8. The van der Waals surface area contributed by atoms with Crippen LogP contribution in [-0.2, 0) is 19.7 Å². The van der Waals surface area contributed by atoms with Gasteiger partial charge in [0.25, 0.3) is 0 Å². The van der Waals surface area contributed by atoms with E-state index in [0.29, 0.717) is 12.0 Å². The van der Waals surface area contributed by atoms with E-state index in [1.54, 1.807) is 0 Å². The Bertz CT molecular complexity index is 831. The molecule has 0 aromatic heterocycles. The Kier molecular flexibility index (Phi) is 5.86. The lowest BCUT2D eigenvalue weighted by Gasteiger charge is -2.56. The molecular weight excluding hydrogens is 372 g/mol. The van der Waals surface area contributed by atoms with E-state index < -0.39 is 18.0 Å². The van der Waals surface area contributed by atoms with Gasteiger partial charge in [-0.25, -0.2) is 0 Å². The zero-order chi connectivity index (χ0) is 21.4. The second kappa shape index (κ2) is 7.90. The molecule has 0 radical (unpaired) electrons. The highest BCUT2D eigenvalue weighted by atomic mass is 16.5. The van der Waals surface area contributed by atoms with Crippen molar-refractivity contribution in [2.45, 2.75) is 70.8 Å². The number of hydrogen-bond acceptors (Lipinski definition) is 5. The first kappa shape index (κ1) is 21.5. The lowest BCUT2D eigenvalue weighted by Crippen LogP contribution is -2.51. The van der Waals surface area contributed by atoms with Gasteiger partial charge in [-0.05, 0) is 54.7 Å². The van der Waals surface area contributed by atoms with Gasteiger partial charge in [-0.2, -0.15) is 0 Å². The van der Waals surface area contributed by atoms with Gasteiger partial charge in [-0.15, -0.1) is 0 Å². The summed E-state index contributed by atoms with van der Waals surface area (Å²) in [6.45, 7) is 6.05. The molecule has 0 unspecified atom stereocenters. The molecule has 2 aliphatic carbocycles. The molecule has 29 heavy (non-hydrogen) atoms. The number of carboxylic acid groups (broad SMARTS) is 1. The number of aliphatic hydroxyl groups is 1. The van der Waals surface area contributed by atoms with Crippen LogP contribution >= 0.6 is 0 Å². The number of fused-ring (bicyclic) bond motifs is 3. The average molecular weight is 402 g/mol. The maximum absolute atomic E-state index is 12.0. The van der Waals surface area contributed by atoms with E-state index in [4.69, 9.17) is 9.84 Å². The molecule has 0 bridgehead atoms. The first-order valence-corrected chi connectivity index (χ1v) is 10.3. The van der Waals surface area contributed by atoms with Crippen LogP contribution in [0, 0.1) is 11.3 Å². The number of carboxylic acids is 1. The number of esters is 1. The van der Waals surface area contributed by atoms with E-state index in [0.717, 1.165) is 30.4 Å². The summed E-state index contributed by atoms with van der Waals surface area (Å²) in [5.74, 6) is -1.42. The second-order valence-electron chi connectivity index (χ2n) is 9.14. The van der Waals surface area contributed by atoms with Gasteiger partial charge in [0.2, 0.25) is 0 Å². The fraction of sp³-hybridized carbons (Fsp3) is 0.609. The molecule has 1 aromatic rings. The molecule has 2 N–H and O–H groups in total. The molecule has 6 heteroatoms. The maximum Gasteiger partial charge on any atom is 0.306 e. The average Bonchev–Trinajstić information content (AvgIpc) is 2.66. The summed E-state index contributed by atoms with van der Waals surface area (Å²) < 4.78 is 5.47. The van der Waals surface area contributed by atoms with Crippen LogP contribution in [0.5, 0.6) is 0 Å². The minimum Gasteiger partial charge on any atom is -0.481 e. The number of Topliss-reactive ketones (excluding diaryl/α,β-unsaturated/α-hetero) is 1. The molecule has 6 nitrogen and oxygen atoms in total. The van der Waals surface area contributed by atoms with Gasteiger partial charge in [0.05, 0.1) is 25.6 Å². The first-order valence-electron chi connectivity index (χ1n) is 10.3. The van der Waals surface area contributed by atoms with Crippen molar-refractivity contribution in [3.8, 4) is 0 Å². The number of rotatable bonds is 6. The molecule has 0 heterocycles. The molecule has 1 saturated carbocycles. The fourth-order valence-corrected chi connectivity index (χ4v) is 5.47. The highest BCUT2D eigenvalue weighted by Crippen LogP contribution is 2.59. The number of aliphatic carboxylic acids is 1. The standard InChI is InChI=1S/C23H30O6/c1-14(24)15-5-6-17-16(11-15)18(25)12-19-22(2,9-4-10-23(17,19)3)13-29-21(28)8-7-20(26)27/h5-6,11,18-19,25H,4,7-10,12-13H2,1-3H3,(H,26,27)/t18-,19+,22+,23-/m1/s1. The van der Waals surface area contributed by atoms with Gasteiger partial charge in [-0.1, -0.05) is 32.4 Å². The van der Waals surface area contributed by atoms with E-state index in [-0.39, 0.29) is 42.0 Å². The Labute approximate surface area is 171 Å². The number of benzene rings is 1. The Morgan fingerprint density at radius 3 is 2.55 bits per heavy atom. The number of carbonyl (C=O) groups is 3. The van der Waals surface area contributed by atoms with Crippen LogP contribution in [0.3, 0.4) is 0 Å². The van der Waals surface area contributed by atoms with Crippen molar-refractivity contribution >= 4 is 17.7 Å². The van der Waals surface area contributed by atoms with E-state index in [1.807, 2.05) is 18.2 Å². The minimum atomic E-state index is -1.02. The summed E-state index contributed by atoms with van der Waals surface area (Å²) in [7, 11) is 0. The number of ketones is 1. The van der Waals surface area contributed by atoms with Gasteiger partial charge in [-0.3, -0.25) is 14.4 Å². The molecule has 158 valence electrons. The molecular formula is C23H30O6. The Balaban J connectivity index is 1.85. The molecule has 0 spiro atoms. The number of carbonyl (C=O) groups excluding carboxylic acids is 2. The van der Waals surface area contributed by atoms with Crippen LogP contribution in [0.4, 0.5) is 0 Å². The van der Waals surface area contributed by atoms with Crippen molar-refractivity contribution in [2.75, 3.05) is 6.61 Å². The SMILES string of the molecule is CC(=O)c1ccc2c(c1)[C@H](O)C[C@H]1[C@](C)(COC(=O)CCC(=O)O)CCC[C@]21C. The molecule has 0 saturated heterocycles. The van der Waals surface area contributed by atoms with Gasteiger partial charge in [0, 0.05) is 11.0 Å². The molecule has 4 atom stereocenters. The summed E-state index contributed by atoms with van der Waals surface area (Å²) in [5, 5.41) is 19.6. The van der Waals surface area contributed by atoms with Crippen LogP contribution in [0.15, 0.2) is 18.2 Å². The highest BCUT2D eigenvalue weighted by Gasteiger charge is 2.54. The van der Waals surface area contributed by atoms with Crippen molar-refractivity contribution in [1.29, 1.82) is 0 Å². The van der Waals surface area contributed by atoms with Crippen LogP contribution in [0.1, 0.15) is 86.9 Å². The Morgan fingerprint density at radius 1 is 1.17 bits per heavy atom. The van der Waals surface area contributed by atoms with Crippen molar-refractivity contribution in [3.63, 3.8) is 0 Å². The number of ether oxygens (including phenoxy) is 1. The van der Waals surface area contributed by atoms with Crippen LogP contribution in [0.2, 0.25) is 0 Å². The summed E-state index contributed by atoms with van der Waals surface area (Å²) in [6.07, 6.45) is 2.34. The lowest BCUT2D eigenvalue weighted by atomic mass is 9.49. The quantitative estimate of drug-likeness (QED) is 0.554. The molecule has 3 rings (SSSR count). The Morgan fingerprint density at radius 2 is 1.90 bits per heavy atom. The van der Waals surface area contributed by atoms with Crippen molar-refractivity contribution in [3.05, 3.63) is 34.9 Å². The molecule has 2 aliphatic rings. The molecule has 0 aliphatic heterocycles. The van der Waals surface area contributed by atoms with Crippen LogP contribution in [0.25, 0.3) is 0 Å². The fourth-order valence-electron chi connectivity index (χ4n) is 5.47. The van der Waals surface area contributed by atoms with E-state index in [2.05, 4.69) is 13.8 Å². The van der Waals surface area contributed by atoms with E-state index in [9.17, 15) is 19.5 Å². The van der Waals surface area contributed by atoms with Gasteiger partial charge < -0.3 is 14.9 Å². The lowest BCUT2D eigenvalue weighted by molar-refractivity contribution is -0.154. The van der Waals surface area contributed by atoms with Crippen molar-refractivity contribution in [2.24, 2.45) is 11.3 Å². The second-order valence-corrected chi connectivity index (χ2v) is 9.14. The smallest absolute Gasteiger partial charge is 0.306 e. The first-order chi connectivity index (χ1) is 13.6. The third-order valence-electron chi connectivity index (χ3n) is 7.05. The number of hydrogen-bond donors (Lipinski definition) is 2. The zero-order valence-electron chi connectivity index (χ0n) is 17.4. The summed E-state index contributed by atoms with van der Waals surface area (Å²) in [4.78, 5) is 34.4. The number of aliphatic hydroxyl groups excluding tert-OH is 1. The van der Waals surface area contributed by atoms with E-state index in [1.165, 1.54) is 6.92 Å². The van der Waals surface area contributed by atoms with Crippen LogP contribution in [-0.4, -0.2) is 34.5 Å². The minimum absolute atomic E-state index is 0.0194. The van der Waals surface area contributed by atoms with Gasteiger partial charge in [0.1, 0.15) is 0 Å². The van der Waals surface area contributed by atoms with E-state index >= 15 is 0 Å². The van der Waals surface area contributed by atoms with Crippen LogP contribution < -0.4 is 0 Å². The highest BCUT2D eigenvalue weighted by molar-refractivity contribution is 5.94. The Hall–Kier alpha value is -2.21. The zero-order valence-corrected chi connectivity index (χ0v) is 17.4. The van der Waals surface area contributed by atoms with Crippen molar-refractivity contribution < 1.29 is 29.3 Å². The summed E-state index contributed by atoms with van der Waals surface area (Å²) in [5.41, 5.74) is 2.04. The van der Waals surface area contributed by atoms with Crippen molar-refractivity contribution in [1.82, 2.24) is 0 Å². The predicted octanol–water partition coefficient (Wildman–Crippen LogP) is 3.80. The third kappa shape index (κ3) is 4.08. The maximum atomic E-state index is 12.0. The largest absolute Gasteiger partial charge is 0.481 e. The van der Waals surface area contributed by atoms with Gasteiger partial charge in [0.15, 0.2) is 5.78 Å². The topological polar surface area (TPSA) is 101 Å². The molecule has 0 amide bonds.